The van der Waals surface area contributed by atoms with E-state index < -0.39 is 0 Å². The Labute approximate surface area is 152 Å². The Hall–Kier alpha value is -3.27. The molecule has 130 valence electrons. The number of hydrogen-bond acceptors (Lipinski definition) is 3. The lowest BCUT2D eigenvalue weighted by Crippen LogP contribution is -2.03. The predicted molar refractivity (Wildman–Crippen MR) is 104 cm³/mol. The van der Waals surface area contributed by atoms with E-state index in [1.165, 1.54) is 0 Å². The highest BCUT2D eigenvalue weighted by atomic mass is 16.5. The first-order chi connectivity index (χ1) is 12.8. The van der Waals surface area contributed by atoms with Crippen molar-refractivity contribution >= 4 is 11.0 Å². The summed E-state index contributed by atoms with van der Waals surface area (Å²) in [4.78, 5) is 4.86. The molecule has 0 aliphatic heterocycles. The van der Waals surface area contributed by atoms with Crippen LogP contribution in [0.3, 0.4) is 0 Å². The van der Waals surface area contributed by atoms with Gasteiger partial charge in [-0.05, 0) is 29.8 Å². The van der Waals surface area contributed by atoms with Gasteiger partial charge in [-0.1, -0.05) is 48.5 Å². The van der Waals surface area contributed by atoms with Crippen LogP contribution < -0.4 is 9.47 Å². The Morgan fingerprint density at radius 1 is 0.808 bits per heavy atom. The zero-order chi connectivity index (χ0) is 17.9. The molecule has 0 N–H and O–H groups in total. The van der Waals surface area contributed by atoms with Crippen LogP contribution in [0, 0.1) is 0 Å². The Balaban J connectivity index is 1.83. The lowest BCUT2D eigenvalue weighted by molar-refractivity contribution is 0.354. The predicted octanol–water partition coefficient (Wildman–Crippen LogP) is 4.77. The van der Waals surface area contributed by atoms with Crippen LogP contribution in [-0.4, -0.2) is 23.8 Å². The first-order valence-corrected chi connectivity index (χ1v) is 8.52. The number of rotatable bonds is 5. The number of fused-ring (bicyclic) bond motifs is 1. The number of aromatic nitrogens is 2. The number of para-hydroxylation sites is 2. The summed E-state index contributed by atoms with van der Waals surface area (Å²) in [5.41, 5.74) is 4.33. The smallest absolute Gasteiger partial charge is 0.161 e. The highest BCUT2D eigenvalue weighted by Gasteiger charge is 2.13. The Bertz CT molecular complexity index is 1040. The molecule has 0 fully saturated rings. The molecule has 0 atom stereocenters. The second-order valence-electron chi connectivity index (χ2n) is 6.07. The Morgan fingerprint density at radius 3 is 2.31 bits per heavy atom. The minimum atomic E-state index is 0.699. The van der Waals surface area contributed by atoms with Crippen LogP contribution in [0.5, 0.6) is 11.5 Å². The van der Waals surface area contributed by atoms with E-state index in [1.807, 2.05) is 48.5 Å². The SMILES string of the molecule is COc1ccc(Cn2c(-c3ccccc3)nc3ccccc32)cc1OC. The van der Waals surface area contributed by atoms with Crippen molar-refractivity contribution in [3.63, 3.8) is 0 Å². The minimum Gasteiger partial charge on any atom is -0.493 e. The van der Waals surface area contributed by atoms with Gasteiger partial charge in [0.25, 0.3) is 0 Å². The molecule has 4 aromatic rings. The molecule has 4 heteroatoms. The summed E-state index contributed by atoms with van der Waals surface area (Å²) in [6.07, 6.45) is 0. The highest BCUT2D eigenvalue weighted by Crippen LogP contribution is 2.30. The molecule has 4 rings (SSSR count). The number of nitrogens with zero attached hydrogens (tertiary/aromatic N) is 2. The van der Waals surface area contributed by atoms with E-state index >= 15 is 0 Å². The normalized spacial score (nSPS) is 10.8. The van der Waals surface area contributed by atoms with E-state index in [0.29, 0.717) is 6.54 Å². The van der Waals surface area contributed by atoms with Gasteiger partial charge in [-0.25, -0.2) is 4.98 Å². The molecule has 4 nitrogen and oxygen atoms in total. The Kier molecular flexibility index (Phi) is 4.32. The molecule has 0 bridgehead atoms. The summed E-state index contributed by atoms with van der Waals surface area (Å²) in [5.74, 6) is 2.42. The summed E-state index contributed by atoms with van der Waals surface area (Å²) < 4.78 is 13.0. The van der Waals surface area contributed by atoms with E-state index in [1.54, 1.807) is 14.2 Å². The molecule has 26 heavy (non-hydrogen) atoms. The van der Waals surface area contributed by atoms with Gasteiger partial charge in [0, 0.05) is 12.1 Å². The number of ether oxygens (including phenoxy) is 2. The third kappa shape index (κ3) is 2.90. The van der Waals surface area contributed by atoms with Gasteiger partial charge in [0.05, 0.1) is 25.3 Å². The lowest BCUT2D eigenvalue weighted by atomic mass is 10.1. The van der Waals surface area contributed by atoms with Gasteiger partial charge < -0.3 is 14.0 Å². The molecular weight excluding hydrogens is 324 g/mol. The van der Waals surface area contributed by atoms with Crippen molar-refractivity contribution in [3.8, 4) is 22.9 Å². The summed E-state index contributed by atoms with van der Waals surface area (Å²) in [6, 6.07) is 24.5. The molecule has 1 aromatic heterocycles. The van der Waals surface area contributed by atoms with Gasteiger partial charge in [-0.2, -0.15) is 0 Å². The standard InChI is InChI=1S/C22H20N2O2/c1-25-20-13-12-16(14-21(20)26-2)15-24-19-11-7-6-10-18(19)23-22(24)17-8-4-3-5-9-17/h3-14H,15H2,1-2H3. The third-order valence-corrected chi connectivity index (χ3v) is 4.48. The summed E-state index contributed by atoms with van der Waals surface area (Å²) in [5, 5.41) is 0. The van der Waals surface area contributed by atoms with Gasteiger partial charge >= 0.3 is 0 Å². The second kappa shape index (κ2) is 6.92. The molecule has 0 unspecified atom stereocenters. The molecule has 3 aromatic carbocycles. The van der Waals surface area contributed by atoms with Crippen molar-refractivity contribution in [1.29, 1.82) is 0 Å². The van der Waals surface area contributed by atoms with E-state index in [-0.39, 0.29) is 0 Å². The molecule has 0 saturated heterocycles. The van der Waals surface area contributed by atoms with Gasteiger partial charge in [-0.15, -0.1) is 0 Å². The van der Waals surface area contributed by atoms with Crippen LogP contribution in [0.25, 0.3) is 22.4 Å². The van der Waals surface area contributed by atoms with Gasteiger partial charge in [0.2, 0.25) is 0 Å². The average Bonchev–Trinajstić information content (AvgIpc) is 3.07. The maximum atomic E-state index is 5.45. The number of benzene rings is 3. The van der Waals surface area contributed by atoms with Crippen LogP contribution in [-0.2, 0) is 6.54 Å². The van der Waals surface area contributed by atoms with E-state index in [4.69, 9.17) is 14.5 Å². The first-order valence-electron chi connectivity index (χ1n) is 8.52. The van der Waals surface area contributed by atoms with Crippen molar-refractivity contribution in [1.82, 2.24) is 9.55 Å². The van der Waals surface area contributed by atoms with Crippen LogP contribution in [0.4, 0.5) is 0 Å². The number of methoxy groups -OCH3 is 2. The fraction of sp³-hybridized carbons (Fsp3) is 0.136. The molecule has 0 spiro atoms. The quantitative estimate of drug-likeness (QED) is 0.523. The fourth-order valence-corrected chi connectivity index (χ4v) is 3.20. The largest absolute Gasteiger partial charge is 0.493 e. The second-order valence-corrected chi connectivity index (χ2v) is 6.07. The van der Waals surface area contributed by atoms with Gasteiger partial charge in [0.15, 0.2) is 11.5 Å². The number of hydrogen-bond donors (Lipinski definition) is 0. The minimum absolute atomic E-state index is 0.699. The average molecular weight is 344 g/mol. The summed E-state index contributed by atoms with van der Waals surface area (Å²) >= 11 is 0. The van der Waals surface area contributed by atoms with E-state index in [2.05, 4.69) is 28.8 Å². The lowest BCUT2D eigenvalue weighted by Gasteiger charge is -2.12. The molecule has 0 aliphatic rings. The monoisotopic (exact) mass is 344 g/mol. The van der Waals surface area contributed by atoms with Crippen molar-refractivity contribution < 1.29 is 9.47 Å². The number of imidazole rings is 1. The molecular formula is C22H20N2O2. The fourth-order valence-electron chi connectivity index (χ4n) is 3.20. The summed E-state index contributed by atoms with van der Waals surface area (Å²) in [7, 11) is 3.30. The first kappa shape index (κ1) is 16.2. The van der Waals surface area contributed by atoms with Crippen molar-refractivity contribution in [3.05, 3.63) is 78.4 Å². The molecule has 0 radical (unpaired) electrons. The Morgan fingerprint density at radius 2 is 1.54 bits per heavy atom. The van der Waals surface area contributed by atoms with Gasteiger partial charge in [0.1, 0.15) is 5.82 Å². The van der Waals surface area contributed by atoms with E-state index in [9.17, 15) is 0 Å². The van der Waals surface area contributed by atoms with Crippen molar-refractivity contribution in [2.24, 2.45) is 0 Å². The summed E-state index contributed by atoms with van der Waals surface area (Å²) in [6.45, 7) is 0.699. The molecule has 1 heterocycles. The molecule has 0 saturated carbocycles. The van der Waals surface area contributed by atoms with Crippen molar-refractivity contribution in [2.45, 2.75) is 6.54 Å². The van der Waals surface area contributed by atoms with Gasteiger partial charge in [-0.3, -0.25) is 0 Å². The van der Waals surface area contributed by atoms with Crippen molar-refractivity contribution in [2.75, 3.05) is 14.2 Å². The van der Waals surface area contributed by atoms with E-state index in [0.717, 1.165) is 39.5 Å². The topological polar surface area (TPSA) is 36.3 Å². The van der Waals surface area contributed by atoms with Crippen LogP contribution in [0.2, 0.25) is 0 Å². The highest BCUT2D eigenvalue weighted by molar-refractivity contribution is 5.80. The zero-order valence-corrected chi connectivity index (χ0v) is 14.8. The molecule has 0 amide bonds. The maximum absolute atomic E-state index is 5.45. The molecule has 0 aliphatic carbocycles. The maximum Gasteiger partial charge on any atom is 0.161 e. The third-order valence-electron chi connectivity index (χ3n) is 4.48. The van der Waals surface area contributed by atoms with Crippen LogP contribution in [0.15, 0.2) is 72.8 Å². The zero-order valence-electron chi connectivity index (χ0n) is 14.8. The van der Waals surface area contributed by atoms with Crippen LogP contribution in [0.1, 0.15) is 5.56 Å². The van der Waals surface area contributed by atoms with Crippen LogP contribution >= 0.6 is 0 Å².